The lowest BCUT2D eigenvalue weighted by atomic mass is 9.85. The minimum atomic E-state index is -5.38. The summed E-state index contributed by atoms with van der Waals surface area (Å²) in [4.78, 5) is 54.2. The quantitative estimate of drug-likeness (QED) is 0.0128. The zero-order valence-corrected chi connectivity index (χ0v) is 40.3. The van der Waals surface area contributed by atoms with Crippen molar-refractivity contribution in [1.29, 1.82) is 0 Å². The third kappa shape index (κ3) is 32.0. The molecule has 8 atom stereocenters. The molecule has 1 aliphatic carbocycles. The fourth-order valence-electron chi connectivity index (χ4n) is 6.42. The van der Waals surface area contributed by atoms with Crippen LogP contribution in [0, 0.1) is 0 Å². The largest absolute Gasteiger partial charge is 0.472 e. The number of aliphatic hydroxyl groups is 5. The summed E-state index contributed by atoms with van der Waals surface area (Å²) in [5, 5.41) is 50.0. The molecule has 0 aromatic rings. The van der Waals surface area contributed by atoms with Gasteiger partial charge in [-0.3, -0.25) is 23.2 Å². The SMILES string of the molecule is CC/C=C\C/C=C\C/C=C\CCCCCCCC(=O)O[C@H](COC(=O)CCC/C=C\C/C=C\C/C=C\C/C=C\CCCCCO)COP(=O)(O)O[C@H]1C(O)C(O)C(O)[C@@H](OP(=O)(O)O)C1O. The van der Waals surface area contributed by atoms with Crippen LogP contribution >= 0.6 is 15.6 Å². The molecule has 0 heterocycles. The molecule has 66 heavy (non-hydrogen) atoms. The lowest BCUT2D eigenvalue weighted by Crippen LogP contribution is -2.64. The summed E-state index contributed by atoms with van der Waals surface area (Å²) < 4.78 is 49.3. The molecular weight excluding hydrogens is 898 g/mol. The third-order valence-corrected chi connectivity index (χ3v) is 11.5. The number of allylic oxidation sites excluding steroid dienone is 14. The van der Waals surface area contributed by atoms with Crippen molar-refractivity contribution >= 4 is 27.6 Å². The maximum absolute atomic E-state index is 13.0. The van der Waals surface area contributed by atoms with E-state index in [1.165, 1.54) is 0 Å². The highest BCUT2D eigenvalue weighted by molar-refractivity contribution is 7.47. The predicted molar refractivity (Wildman–Crippen MR) is 252 cm³/mol. The third-order valence-electron chi connectivity index (χ3n) is 10.0. The zero-order chi connectivity index (χ0) is 48.9. The molecule has 8 N–H and O–H groups in total. The van der Waals surface area contributed by atoms with Gasteiger partial charge in [-0.25, -0.2) is 9.13 Å². The summed E-state index contributed by atoms with van der Waals surface area (Å²) in [6.07, 6.45) is 29.9. The Morgan fingerprint density at radius 3 is 1.47 bits per heavy atom. The standard InChI is InChI=1S/C47H78O17P2/c1-2-3-4-5-6-7-8-9-13-17-20-23-26-29-32-35-41(50)62-39(38-61-66(58,59)64-47-44(53)42(51)43(52)46(45(47)54)63-65(55,56)57)37-60-40(49)34-31-28-25-22-19-16-14-11-10-12-15-18-21-24-27-30-33-36-48/h3-4,6-7,9-10,12-14,16,18,21-22,25,39,42-48,51-54H,2,5,8,11,15,17,19-20,23-24,26-38H2,1H3,(H,58,59)(H2,55,56,57)/b4-3-,7-6-,12-10-,13-9-,16-14-,21-18-,25-22-/t39-,42?,43?,44?,45?,46-,47+/m1/s1. The minimum absolute atomic E-state index is 0.00262. The van der Waals surface area contributed by atoms with Gasteiger partial charge in [0.2, 0.25) is 0 Å². The first-order chi connectivity index (χ1) is 31.6. The van der Waals surface area contributed by atoms with E-state index in [0.717, 1.165) is 96.3 Å². The van der Waals surface area contributed by atoms with Crippen molar-refractivity contribution in [3.05, 3.63) is 85.1 Å². The summed E-state index contributed by atoms with van der Waals surface area (Å²) in [5.74, 6) is -1.31. The van der Waals surface area contributed by atoms with Crippen LogP contribution in [0.5, 0.6) is 0 Å². The molecule has 0 spiro atoms. The fraction of sp³-hybridized carbons (Fsp3) is 0.660. The molecule has 0 bridgehead atoms. The Balaban J connectivity index is 2.65. The normalized spacial score (nSPS) is 22.3. The van der Waals surface area contributed by atoms with Gasteiger partial charge in [0.05, 0.1) is 6.61 Å². The molecule has 1 rings (SSSR count). The van der Waals surface area contributed by atoms with Crippen LogP contribution in [-0.4, -0.2) is 115 Å². The van der Waals surface area contributed by atoms with E-state index in [9.17, 15) is 44.0 Å². The smallest absolute Gasteiger partial charge is 0.462 e. The van der Waals surface area contributed by atoms with Crippen LogP contribution in [0.25, 0.3) is 0 Å². The molecule has 0 radical (unpaired) electrons. The highest BCUT2D eigenvalue weighted by Crippen LogP contribution is 2.49. The van der Waals surface area contributed by atoms with Gasteiger partial charge in [-0.2, -0.15) is 0 Å². The van der Waals surface area contributed by atoms with Gasteiger partial charge in [-0.1, -0.05) is 118 Å². The van der Waals surface area contributed by atoms with Crippen LogP contribution in [0.4, 0.5) is 0 Å². The van der Waals surface area contributed by atoms with Crippen LogP contribution in [0.1, 0.15) is 135 Å². The van der Waals surface area contributed by atoms with Gasteiger partial charge in [0.25, 0.3) is 0 Å². The molecule has 0 aromatic heterocycles. The van der Waals surface area contributed by atoms with Gasteiger partial charge in [0.1, 0.15) is 43.2 Å². The molecule has 0 amide bonds. The molecule has 0 aromatic carbocycles. The van der Waals surface area contributed by atoms with E-state index in [2.05, 4.69) is 78.3 Å². The van der Waals surface area contributed by atoms with Gasteiger partial charge in [0.15, 0.2) is 6.10 Å². The average Bonchev–Trinajstić information content (AvgIpc) is 3.27. The monoisotopic (exact) mass is 976 g/mol. The second kappa shape index (κ2) is 38.0. The molecule has 1 fully saturated rings. The first-order valence-corrected chi connectivity index (χ1v) is 26.3. The molecule has 0 saturated heterocycles. The molecule has 19 heteroatoms. The molecule has 17 nitrogen and oxygen atoms in total. The predicted octanol–water partition coefficient (Wildman–Crippen LogP) is 7.59. The van der Waals surface area contributed by atoms with E-state index in [4.69, 9.17) is 33.4 Å². The maximum atomic E-state index is 13.0. The summed E-state index contributed by atoms with van der Waals surface area (Å²) >= 11 is 0. The zero-order valence-electron chi connectivity index (χ0n) is 38.5. The van der Waals surface area contributed by atoms with E-state index in [0.29, 0.717) is 19.3 Å². The highest BCUT2D eigenvalue weighted by atomic mass is 31.2. The van der Waals surface area contributed by atoms with Gasteiger partial charge >= 0.3 is 27.6 Å². The number of hydrogen-bond acceptors (Lipinski definition) is 14. The van der Waals surface area contributed by atoms with Crippen LogP contribution in [-0.2, 0) is 41.8 Å². The van der Waals surface area contributed by atoms with Crippen molar-refractivity contribution in [2.75, 3.05) is 19.8 Å². The van der Waals surface area contributed by atoms with Gasteiger partial charge < -0.3 is 49.7 Å². The number of aliphatic hydroxyl groups excluding tert-OH is 5. The van der Waals surface area contributed by atoms with Crippen LogP contribution in [0.15, 0.2) is 85.1 Å². The number of rotatable bonds is 38. The summed E-state index contributed by atoms with van der Waals surface area (Å²) in [7, 11) is -10.7. The number of ether oxygens (including phenoxy) is 2. The molecule has 1 saturated carbocycles. The van der Waals surface area contributed by atoms with E-state index in [1.54, 1.807) is 0 Å². The molecule has 378 valence electrons. The summed E-state index contributed by atoms with van der Waals surface area (Å²) in [6, 6.07) is 0. The lowest BCUT2D eigenvalue weighted by Gasteiger charge is -2.43. The van der Waals surface area contributed by atoms with Crippen molar-refractivity contribution in [3.8, 4) is 0 Å². The number of carbonyl (C=O) groups excluding carboxylic acids is 2. The number of hydrogen-bond donors (Lipinski definition) is 8. The number of phosphoric acid groups is 2. The number of carbonyl (C=O) groups is 2. The first kappa shape index (κ1) is 61.2. The Hall–Kier alpha value is -2.86. The van der Waals surface area contributed by atoms with Gasteiger partial charge in [-0.05, 0) is 89.9 Å². The average molecular weight is 977 g/mol. The van der Waals surface area contributed by atoms with Crippen LogP contribution in [0.3, 0.4) is 0 Å². The Bertz CT molecular complexity index is 1600. The van der Waals surface area contributed by atoms with Crippen molar-refractivity contribution in [2.24, 2.45) is 0 Å². The number of unbranched alkanes of at least 4 members (excludes halogenated alkanes) is 9. The highest BCUT2D eigenvalue weighted by Gasteiger charge is 2.54. The van der Waals surface area contributed by atoms with E-state index >= 15 is 0 Å². The van der Waals surface area contributed by atoms with Crippen molar-refractivity contribution in [1.82, 2.24) is 0 Å². The number of phosphoric ester groups is 2. The van der Waals surface area contributed by atoms with Crippen molar-refractivity contribution < 1.29 is 82.0 Å². The Morgan fingerprint density at radius 1 is 0.515 bits per heavy atom. The minimum Gasteiger partial charge on any atom is -0.462 e. The van der Waals surface area contributed by atoms with Crippen molar-refractivity contribution in [2.45, 2.75) is 178 Å². The molecule has 1 aliphatic rings. The van der Waals surface area contributed by atoms with Gasteiger partial charge in [0, 0.05) is 19.4 Å². The van der Waals surface area contributed by atoms with Crippen molar-refractivity contribution in [3.63, 3.8) is 0 Å². The van der Waals surface area contributed by atoms with E-state index in [-0.39, 0.29) is 19.4 Å². The Labute approximate surface area is 391 Å². The van der Waals surface area contributed by atoms with E-state index < -0.39 is 83.5 Å². The first-order valence-electron chi connectivity index (χ1n) is 23.2. The summed E-state index contributed by atoms with van der Waals surface area (Å²) in [6.45, 7) is 0.924. The van der Waals surface area contributed by atoms with Crippen LogP contribution < -0.4 is 0 Å². The second-order valence-corrected chi connectivity index (χ2v) is 18.4. The topological polar surface area (TPSA) is 276 Å². The molecular formula is C47H78O17P2. The van der Waals surface area contributed by atoms with E-state index in [1.807, 2.05) is 18.2 Å². The second-order valence-electron chi connectivity index (χ2n) is 15.8. The molecule has 0 aliphatic heterocycles. The fourth-order valence-corrected chi connectivity index (χ4v) is 7.96. The molecule has 5 unspecified atom stereocenters. The van der Waals surface area contributed by atoms with Crippen LogP contribution in [0.2, 0.25) is 0 Å². The lowest BCUT2D eigenvalue weighted by molar-refractivity contribution is -0.216. The summed E-state index contributed by atoms with van der Waals surface area (Å²) in [5.41, 5.74) is 0. The maximum Gasteiger partial charge on any atom is 0.472 e. The Morgan fingerprint density at radius 2 is 0.955 bits per heavy atom. The van der Waals surface area contributed by atoms with Gasteiger partial charge in [-0.15, -0.1) is 0 Å². The Kier molecular flexibility index (Phi) is 35.3. The number of esters is 2.